The number of anilines is 2. The van der Waals surface area contributed by atoms with Gasteiger partial charge in [-0.15, -0.1) is 0 Å². The second-order valence-corrected chi connectivity index (χ2v) is 11.2. The minimum atomic E-state index is 0.554. The summed E-state index contributed by atoms with van der Waals surface area (Å²) in [6.45, 7) is 23.7. The van der Waals surface area contributed by atoms with Crippen molar-refractivity contribution >= 4 is 17.1 Å². The zero-order valence-corrected chi connectivity index (χ0v) is 25.3. The highest BCUT2D eigenvalue weighted by Gasteiger charge is 2.23. The molecule has 0 radical (unpaired) electrons. The molecule has 3 heteroatoms. The molecule has 204 valence electrons. The SMILES string of the molecule is C=C(/C=C(\C=C(\C)C(C)CC)C(=C)CCC/C=C1/Nc2ccc(C)cc2N1C)C1=C(CC)CC[N+](C)=C1C. The molecule has 38 heavy (non-hydrogen) atoms. The van der Waals surface area contributed by atoms with Gasteiger partial charge < -0.3 is 10.2 Å². The molecule has 1 aromatic carbocycles. The highest BCUT2D eigenvalue weighted by molar-refractivity contribution is 6.00. The Morgan fingerprint density at radius 3 is 2.61 bits per heavy atom. The van der Waals surface area contributed by atoms with E-state index < -0.39 is 0 Å². The third kappa shape index (κ3) is 6.87. The molecule has 0 aromatic heterocycles. The number of aryl methyl sites for hydroxylation is 1. The van der Waals surface area contributed by atoms with Crippen LogP contribution in [0.5, 0.6) is 0 Å². The van der Waals surface area contributed by atoms with E-state index in [2.05, 4.69) is 120 Å². The molecule has 2 aliphatic rings. The number of hydrogen-bond donors (Lipinski definition) is 1. The van der Waals surface area contributed by atoms with Gasteiger partial charge in [0.25, 0.3) is 0 Å². The Kier molecular flexibility index (Phi) is 10.2. The number of rotatable bonds is 11. The van der Waals surface area contributed by atoms with Gasteiger partial charge in [0.15, 0.2) is 5.71 Å². The molecule has 0 spiro atoms. The predicted octanol–water partition coefficient (Wildman–Crippen LogP) is 9.11. The first-order chi connectivity index (χ1) is 18.1. The van der Waals surface area contributed by atoms with Crippen LogP contribution in [0.15, 0.2) is 88.8 Å². The zero-order valence-electron chi connectivity index (χ0n) is 25.3. The lowest BCUT2D eigenvalue weighted by Gasteiger charge is -2.20. The third-order valence-corrected chi connectivity index (χ3v) is 8.45. The van der Waals surface area contributed by atoms with Crippen LogP contribution in [-0.4, -0.2) is 30.9 Å². The Balaban J connectivity index is 1.77. The smallest absolute Gasteiger partial charge is 0.180 e. The molecule has 1 aromatic rings. The van der Waals surface area contributed by atoms with E-state index in [1.165, 1.54) is 56.3 Å². The summed E-state index contributed by atoms with van der Waals surface area (Å²) in [5, 5.41) is 3.57. The molecule has 1 unspecified atom stereocenters. The lowest BCUT2D eigenvalue weighted by molar-refractivity contribution is -0.498. The Labute approximate surface area is 232 Å². The molecular weight excluding hydrogens is 462 g/mol. The van der Waals surface area contributed by atoms with Gasteiger partial charge in [0.05, 0.1) is 11.4 Å². The summed E-state index contributed by atoms with van der Waals surface area (Å²) in [5.41, 5.74) is 12.8. The second kappa shape index (κ2) is 13.1. The van der Waals surface area contributed by atoms with Crippen molar-refractivity contribution in [2.24, 2.45) is 5.92 Å². The highest BCUT2D eigenvalue weighted by atomic mass is 15.3. The minimum absolute atomic E-state index is 0.554. The minimum Gasteiger partial charge on any atom is -0.340 e. The molecule has 1 N–H and O–H groups in total. The maximum absolute atomic E-state index is 4.56. The van der Waals surface area contributed by atoms with E-state index in [-0.39, 0.29) is 0 Å². The zero-order chi connectivity index (χ0) is 28.0. The van der Waals surface area contributed by atoms with Crippen LogP contribution in [0.4, 0.5) is 11.4 Å². The van der Waals surface area contributed by atoms with Gasteiger partial charge in [0.2, 0.25) is 0 Å². The van der Waals surface area contributed by atoms with Crippen LogP contribution in [0.2, 0.25) is 0 Å². The van der Waals surface area contributed by atoms with Gasteiger partial charge in [-0.25, -0.2) is 4.58 Å². The predicted molar refractivity (Wildman–Crippen MR) is 168 cm³/mol. The molecule has 0 saturated heterocycles. The standard InChI is InChI=1S/C35H50N3/c1-11-25(4)27(6)22-31(23-28(7)35-29(8)37(9)20-19-30(35)12-2)26(5)15-13-14-16-34-36-32-18-17-24(3)21-33(32)38(34)10/h16-18,21-23,25,36H,5,7,11-15,19-20H2,1-4,6,8-10H3/q+1/b27-22-,31-23+,34-16-. The van der Waals surface area contributed by atoms with Gasteiger partial charge in [-0.2, -0.15) is 0 Å². The van der Waals surface area contributed by atoms with Crippen molar-refractivity contribution in [3.05, 3.63) is 94.4 Å². The number of fused-ring (bicyclic) bond motifs is 1. The number of nitrogens with zero attached hydrogens (tertiary/aromatic N) is 2. The van der Waals surface area contributed by atoms with Gasteiger partial charge in [-0.05, 0) is 98.4 Å². The first kappa shape index (κ1) is 29.5. The monoisotopic (exact) mass is 512 g/mol. The van der Waals surface area contributed by atoms with E-state index in [1.54, 1.807) is 0 Å². The summed E-state index contributed by atoms with van der Waals surface area (Å²) in [4.78, 5) is 2.25. The molecule has 0 aliphatic carbocycles. The molecule has 2 aliphatic heterocycles. The average molecular weight is 513 g/mol. The van der Waals surface area contributed by atoms with E-state index >= 15 is 0 Å². The van der Waals surface area contributed by atoms with Gasteiger partial charge in [0, 0.05) is 26.0 Å². The lowest BCUT2D eigenvalue weighted by atomic mass is 9.87. The maximum Gasteiger partial charge on any atom is 0.180 e. The van der Waals surface area contributed by atoms with E-state index in [1.807, 2.05) is 0 Å². The fourth-order valence-corrected chi connectivity index (χ4v) is 5.33. The topological polar surface area (TPSA) is 18.3 Å². The Bertz CT molecular complexity index is 1230. The number of unbranched alkanes of at least 4 members (excludes halogenated alkanes) is 1. The molecule has 3 rings (SSSR count). The van der Waals surface area contributed by atoms with Gasteiger partial charge >= 0.3 is 0 Å². The van der Waals surface area contributed by atoms with E-state index in [0.29, 0.717) is 5.92 Å². The van der Waals surface area contributed by atoms with Crippen molar-refractivity contribution in [3.63, 3.8) is 0 Å². The Morgan fingerprint density at radius 2 is 1.92 bits per heavy atom. The third-order valence-electron chi connectivity index (χ3n) is 8.45. The van der Waals surface area contributed by atoms with E-state index in [4.69, 9.17) is 0 Å². The van der Waals surface area contributed by atoms with Crippen molar-refractivity contribution in [1.29, 1.82) is 0 Å². The highest BCUT2D eigenvalue weighted by Crippen LogP contribution is 2.36. The van der Waals surface area contributed by atoms with Crippen LogP contribution >= 0.6 is 0 Å². The normalized spacial score (nSPS) is 18.2. The summed E-state index contributed by atoms with van der Waals surface area (Å²) in [6, 6.07) is 6.57. The Morgan fingerprint density at radius 1 is 1.18 bits per heavy atom. The lowest BCUT2D eigenvalue weighted by Crippen LogP contribution is -2.25. The number of benzene rings is 1. The van der Waals surface area contributed by atoms with Crippen molar-refractivity contribution in [2.75, 3.05) is 30.9 Å². The fraction of sp³-hybridized carbons (Fsp3) is 0.457. The van der Waals surface area contributed by atoms with Gasteiger partial charge in [0.1, 0.15) is 19.4 Å². The molecule has 2 heterocycles. The van der Waals surface area contributed by atoms with Crippen LogP contribution in [-0.2, 0) is 0 Å². The molecule has 3 nitrogen and oxygen atoms in total. The summed E-state index contributed by atoms with van der Waals surface area (Å²) in [6.07, 6.45) is 13.3. The first-order valence-corrected chi connectivity index (χ1v) is 14.4. The quantitative estimate of drug-likeness (QED) is 0.181. The molecule has 1 atom stereocenters. The number of hydrogen-bond acceptors (Lipinski definition) is 2. The van der Waals surface area contributed by atoms with Crippen molar-refractivity contribution in [3.8, 4) is 0 Å². The average Bonchev–Trinajstić information content (AvgIpc) is 3.21. The van der Waals surface area contributed by atoms with Gasteiger partial charge in [-0.1, -0.05) is 57.2 Å². The van der Waals surface area contributed by atoms with Crippen molar-refractivity contribution < 1.29 is 4.58 Å². The van der Waals surface area contributed by atoms with E-state index in [0.717, 1.165) is 50.6 Å². The van der Waals surface area contributed by atoms with Crippen LogP contribution in [0, 0.1) is 12.8 Å². The maximum atomic E-state index is 4.56. The van der Waals surface area contributed by atoms with Gasteiger partial charge in [-0.3, -0.25) is 0 Å². The van der Waals surface area contributed by atoms with Crippen LogP contribution in [0.25, 0.3) is 0 Å². The number of allylic oxidation sites excluding steroid dienone is 8. The second-order valence-electron chi connectivity index (χ2n) is 11.2. The fourth-order valence-electron chi connectivity index (χ4n) is 5.33. The first-order valence-electron chi connectivity index (χ1n) is 14.4. The van der Waals surface area contributed by atoms with Crippen molar-refractivity contribution in [1.82, 2.24) is 0 Å². The Hall–Kier alpha value is -3.07. The number of nitrogens with one attached hydrogen (secondary N) is 1. The van der Waals surface area contributed by atoms with Crippen LogP contribution < -0.4 is 10.2 Å². The summed E-state index contributed by atoms with van der Waals surface area (Å²) in [5.74, 6) is 1.72. The van der Waals surface area contributed by atoms with Crippen LogP contribution in [0.3, 0.4) is 0 Å². The summed E-state index contributed by atoms with van der Waals surface area (Å²) < 4.78 is 2.36. The molecule has 0 amide bonds. The van der Waals surface area contributed by atoms with Crippen molar-refractivity contribution in [2.45, 2.75) is 80.1 Å². The van der Waals surface area contributed by atoms with E-state index in [9.17, 15) is 0 Å². The summed E-state index contributed by atoms with van der Waals surface area (Å²) >= 11 is 0. The largest absolute Gasteiger partial charge is 0.340 e. The van der Waals surface area contributed by atoms with Crippen LogP contribution in [0.1, 0.15) is 78.7 Å². The molecule has 0 fully saturated rings. The molecular formula is C35H50N3+. The molecule has 0 bridgehead atoms. The summed E-state index contributed by atoms with van der Waals surface area (Å²) in [7, 11) is 4.33. The molecule has 0 saturated carbocycles.